The normalized spacial score (nSPS) is 11.1. The fourth-order valence-corrected chi connectivity index (χ4v) is 0.964. The summed E-state index contributed by atoms with van der Waals surface area (Å²) in [5, 5.41) is 20.3. The molecule has 64 valence electrons. The van der Waals surface area contributed by atoms with E-state index in [1.165, 1.54) is 0 Å². The van der Waals surface area contributed by atoms with Crippen molar-refractivity contribution in [3.8, 4) is 0 Å². The maximum Gasteiger partial charge on any atom is 0.510 e. The molecule has 0 rings (SSSR count). The van der Waals surface area contributed by atoms with Crippen molar-refractivity contribution in [3.63, 3.8) is 0 Å². The van der Waals surface area contributed by atoms with E-state index >= 15 is 0 Å². The average molecular weight is 227 g/mol. The molecule has 0 radical (unpaired) electrons. The van der Waals surface area contributed by atoms with E-state index in [4.69, 9.17) is 0 Å². The number of nitro groups is 2. The second kappa shape index (κ2) is 3.61. The van der Waals surface area contributed by atoms with Crippen molar-refractivity contribution in [1.29, 1.82) is 0 Å². The highest BCUT2D eigenvalue weighted by molar-refractivity contribution is 9.09. The number of hydrogen-bond acceptors (Lipinski definition) is 4. The first-order valence-electron chi connectivity index (χ1n) is 2.93. The Morgan fingerprint density at radius 1 is 1.36 bits per heavy atom. The summed E-state index contributed by atoms with van der Waals surface area (Å²) in [6.45, 7) is 1.64. The van der Waals surface area contributed by atoms with Gasteiger partial charge < -0.3 is 0 Å². The van der Waals surface area contributed by atoms with Crippen LogP contribution in [0.15, 0.2) is 0 Å². The molecule has 0 unspecified atom stereocenters. The van der Waals surface area contributed by atoms with Gasteiger partial charge in [-0.3, -0.25) is 20.2 Å². The lowest BCUT2D eigenvalue weighted by molar-refractivity contribution is -0.759. The summed E-state index contributed by atoms with van der Waals surface area (Å²) >= 11 is 2.48. The molecule has 0 amide bonds. The summed E-state index contributed by atoms with van der Waals surface area (Å²) in [7, 11) is 0. The molecule has 0 aromatic carbocycles. The van der Waals surface area contributed by atoms with Crippen molar-refractivity contribution in [1.82, 2.24) is 0 Å². The number of rotatable bonds is 4. The lowest BCUT2D eigenvalue weighted by atomic mass is 10.3. The Balaban J connectivity index is 4.52. The van der Waals surface area contributed by atoms with E-state index in [0.717, 1.165) is 0 Å². The number of hydrogen-bond donors (Lipinski definition) is 0. The lowest BCUT2D eigenvalue weighted by Gasteiger charge is -2.07. The highest BCUT2D eigenvalue weighted by Gasteiger charge is 2.52. The number of nitrogens with zero attached hydrogens (tertiary/aromatic N) is 2. The van der Waals surface area contributed by atoms with Crippen LogP contribution in [0.25, 0.3) is 0 Å². The van der Waals surface area contributed by atoms with Gasteiger partial charge in [-0.25, -0.2) is 0 Å². The van der Waals surface area contributed by atoms with E-state index in [0.29, 0.717) is 6.42 Å². The van der Waals surface area contributed by atoms with Gasteiger partial charge in [0.15, 0.2) is 0 Å². The minimum Gasteiger partial charge on any atom is -0.258 e. The van der Waals surface area contributed by atoms with E-state index in [1.807, 2.05) is 0 Å². The van der Waals surface area contributed by atoms with E-state index in [2.05, 4.69) is 15.9 Å². The van der Waals surface area contributed by atoms with Gasteiger partial charge in [-0.1, -0.05) is 6.92 Å². The van der Waals surface area contributed by atoms with Crippen molar-refractivity contribution >= 4 is 15.9 Å². The van der Waals surface area contributed by atoms with Gasteiger partial charge in [0.05, 0.1) is 15.9 Å². The standard InChI is InChI=1S/C4H7BrN2O4/c1-2-3-4(5,6(8)9)7(10)11/h2-3H2,1H3. The monoisotopic (exact) mass is 226 g/mol. The molecule has 0 spiro atoms. The first-order chi connectivity index (χ1) is 4.95. The number of halogens is 1. The molecule has 0 aliphatic rings. The zero-order chi connectivity index (χ0) is 9.07. The predicted molar refractivity (Wildman–Crippen MR) is 40.6 cm³/mol. The number of alkyl halides is 1. The maximum atomic E-state index is 10.2. The smallest absolute Gasteiger partial charge is 0.258 e. The van der Waals surface area contributed by atoms with E-state index < -0.39 is 14.4 Å². The Morgan fingerprint density at radius 2 is 1.73 bits per heavy atom. The van der Waals surface area contributed by atoms with Crippen molar-refractivity contribution < 1.29 is 9.85 Å². The fourth-order valence-electron chi connectivity index (χ4n) is 0.567. The maximum absolute atomic E-state index is 10.2. The molecule has 0 N–H and O–H groups in total. The molecule has 0 aromatic heterocycles. The highest BCUT2D eigenvalue weighted by atomic mass is 79.9. The lowest BCUT2D eigenvalue weighted by Crippen LogP contribution is -2.39. The van der Waals surface area contributed by atoms with Gasteiger partial charge in [-0.15, -0.1) is 0 Å². The zero-order valence-electron chi connectivity index (χ0n) is 5.82. The Hall–Kier alpha value is -0.720. The molecule has 0 atom stereocenters. The largest absolute Gasteiger partial charge is 0.510 e. The molecule has 0 aliphatic carbocycles. The molecule has 0 aliphatic heterocycles. The minimum absolute atomic E-state index is 0.118. The van der Waals surface area contributed by atoms with Gasteiger partial charge in [0.1, 0.15) is 16.3 Å². The second-order valence-corrected chi connectivity index (χ2v) is 3.25. The Bertz CT molecular complexity index is 169. The first kappa shape index (κ1) is 10.3. The quantitative estimate of drug-likeness (QED) is 0.238. The first-order valence-corrected chi connectivity index (χ1v) is 3.72. The minimum atomic E-state index is -2.19. The fraction of sp³-hybridized carbons (Fsp3) is 1.00. The summed E-state index contributed by atoms with van der Waals surface area (Å²) in [5.74, 6) is 0. The van der Waals surface area contributed by atoms with Crippen LogP contribution in [0.4, 0.5) is 0 Å². The van der Waals surface area contributed by atoms with Gasteiger partial charge in [0.2, 0.25) is 0 Å². The molecule has 0 fully saturated rings. The van der Waals surface area contributed by atoms with E-state index in [-0.39, 0.29) is 6.42 Å². The van der Waals surface area contributed by atoms with Crippen LogP contribution in [-0.4, -0.2) is 14.4 Å². The van der Waals surface area contributed by atoms with Gasteiger partial charge >= 0.3 is 4.57 Å². The topological polar surface area (TPSA) is 86.3 Å². The molecule has 0 bridgehead atoms. The molecular formula is C4H7BrN2O4. The van der Waals surface area contributed by atoms with Gasteiger partial charge in [0, 0.05) is 0 Å². The third-order valence-corrected chi connectivity index (χ3v) is 2.10. The molecule has 0 heterocycles. The van der Waals surface area contributed by atoms with Crippen LogP contribution in [0.2, 0.25) is 0 Å². The zero-order valence-corrected chi connectivity index (χ0v) is 7.41. The average Bonchev–Trinajstić information content (AvgIpc) is 1.87. The molecule has 6 nitrogen and oxygen atoms in total. The van der Waals surface area contributed by atoms with Crippen LogP contribution in [-0.2, 0) is 0 Å². The van der Waals surface area contributed by atoms with Crippen LogP contribution in [0, 0.1) is 20.2 Å². The van der Waals surface area contributed by atoms with Crippen molar-refractivity contribution in [2.24, 2.45) is 0 Å². The molecule has 0 saturated carbocycles. The molecule has 7 heteroatoms. The second-order valence-electron chi connectivity index (χ2n) is 1.98. The van der Waals surface area contributed by atoms with Crippen LogP contribution in [0.3, 0.4) is 0 Å². The third kappa shape index (κ3) is 2.11. The SMILES string of the molecule is CCCC(Br)([N+](=O)[O-])[N+](=O)[O-]. The molecule has 11 heavy (non-hydrogen) atoms. The van der Waals surface area contributed by atoms with E-state index in [1.54, 1.807) is 6.92 Å². The Labute approximate surface area is 71.0 Å². The summed E-state index contributed by atoms with van der Waals surface area (Å²) in [6.07, 6.45) is 0.264. The molecule has 0 aromatic rings. The van der Waals surface area contributed by atoms with Gasteiger partial charge in [-0.05, 0) is 6.42 Å². The van der Waals surface area contributed by atoms with Crippen molar-refractivity contribution in [3.05, 3.63) is 20.2 Å². The van der Waals surface area contributed by atoms with E-state index in [9.17, 15) is 20.2 Å². The Morgan fingerprint density at radius 3 is 1.82 bits per heavy atom. The van der Waals surface area contributed by atoms with Crippen LogP contribution >= 0.6 is 15.9 Å². The van der Waals surface area contributed by atoms with Crippen molar-refractivity contribution in [2.45, 2.75) is 24.3 Å². The summed E-state index contributed by atoms with van der Waals surface area (Å²) in [6, 6.07) is 0. The third-order valence-electron chi connectivity index (χ3n) is 1.13. The summed E-state index contributed by atoms with van der Waals surface area (Å²) < 4.78 is -2.19. The molecule has 0 saturated heterocycles. The van der Waals surface area contributed by atoms with Crippen molar-refractivity contribution in [2.75, 3.05) is 0 Å². The van der Waals surface area contributed by atoms with Crippen LogP contribution in [0.5, 0.6) is 0 Å². The predicted octanol–water partition coefficient (Wildman–Crippen LogP) is 1.39. The van der Waals surface area contributed by atoms with Gasteiger partial charge in [0.25, 0.3) is 0 Å². The van der Waals surface area contributed by atoms with Crippen LogP contribution < -0.4 is 0 Å². The molecular weight excluding hydrogens is 220 g/mol. The van der Waals surface area contributed by atoms with Crippen LogP contribution in [0.1, 0.15) is 19.8 Å². The summed E-state index contributed by atoms with van der Waals surface area (Å²) in [5.41, 5.74) is 0. The Kier molecular flexibility index (Phi) is 3.37. The van der Waals surface area contributed by atoms with Gasteiger partial charge in [-0.2, -0.15) is 0 Å². The highest BCUT2D eigenvalue weighted by Crippen LogP contribution is 2.25. The summed E-state index contributed by atoms with van der Waals surface area (Å²) in [4.78, 5) is 18.5.